The quantitative estimate of drug-likeness (QED) is 0.0476. The second-order valence-electron chi connectivity index (χ2n) is 12.3. The van der Waals surface area contributed by atoms with Gasteiger partial charge in [-0.2, -0.15) is 0 Å². The molecule has 0 aliphatic rings. The topological polar surface area (TPSA) is 253 Å². The van der Waals surface area contributed by atoms with E-state index in [1.807, 2.05) is 58.0 Å². The van der Waals surface area contributed by atoms with E-state index in [4.69, 9.17) is 17.2 Å². The number of benzene rings is 1. The minimum Gasteiger partial charge on any atom is -0.370 e. The molecule has 0 unspecified atom stereocenters. The summed E-state index contributed by atoms with van der Waals surface area (Å²) >= 11 is 0. The lowest BCUT2D eigenvalue weighted by atomic mass is 9.99. The second-order valence-corrected chi connectivity index (χ2v) is 12.3. The normalized spacial score (nSPS) is 13.4. The number of carbonyl (C=O) groups excluding carboxylic acids is 6. The number of carbonyl (C=O) groups is 6. The van der Waals surface area contributed by atoms with Crippen LogP contribution in [0.15, 0.2) is 35.3 Å². The van der Waals surface area contributed by atoms with Crippen LogP contribution in [-0.4, -0.2) is 78.7 Å². The number of rotatable bonds is 21. The highest BCUT2D eigenvalue weighted by atomic mass is 16.2. The Morgan fingerprint density at radius 2 is 1.23 bits per heavy atom. The number of nitrogens with two attached hydrogens (primary N) is 3. The lowest BCUT2D eigenvalue weighted by Gasteiger charge is -2.27. The fourth-order valence-electron chi connectivity index (χ4n) is 4.69. The number of nitrogens with one attached hydrogen (secondary N) is 5. The zero-order chi connectivity index (χ0) is 35.5. The molecule has 262 valence electrons. The predicted octanol–water partition coefficient (Wildman–Crippen LogP) is -0.674. The maximum Gasteiger partial charge on any atom is 0.243 e. The van der Waals surface area contributed by atoms with E-state index in [-0.39, 0.29) is 68.9 Å². The maximum atomic E-state index is 13.6. The van der Waals surface area contributed by atoms with Crippen molar-refractivity contribution in [3.05, 3.63) is 35.9 Å². The number of amides is 6. The zero-order valence-corrected chi connectivity index (χ0v) is 28.1. The maximum absolute atomic E-state index is 13.6. The third-order valence-corrected chi connectivity index (χ3v) is 6.95. The number of hydrogen-bond donors (Lipinski definition) is 8. The Labute approximate surface area is 277 Å². The van der Waals surface area contributed by atoms with E-state index in [2.05, 4.69) is 31.6 Å². The van der Waals surface area contributed by atoms with Crippen LogP contribution in [-0.2, 0) is 35.2 Å². The summed E-state index contributed by atoms with van der Waals surface area (Å²) in [6, 6.07) is 4.99. The van der Waals surface area contributed by atoms with Gasteiger partial charge in [0.05, 0.1) is 0 Å². The van der Waals surface area contributed by atoms with Crippen molar-refractivity contribution in [2.75, 3.05) is 13.1 Å². The fraction of sp³-hybridized carbons (Fsp3) is 0.594. The molecule has 0 aromatic heterocycles. The SMILES string of the molecule is CC(=O)NCCC(=O)N[C@@H](Cc1ccccc1)C(=O)N[C@@H](CC(C)C)C(=O)N[C@@H](CC(C)C)C(=O)N[C@@H](CCCN=C(N)N)C(N)=O. The van der Waals surface area contributed by atoms with Crippen molar-refractivity contribution in [1.82, 2.24) is 26.6 Å². The molecule has 0 fully saturated rings. The number of primary amides is 1. The Bertz CT molecular complexity index is 1220. The molecule has 0 saturated carbocycles. The molecule has 1 aromatic rings. The fourth-order valence-corrected chi connectivity index (χ4v) is 4.69. The van der Waals surface area contributed by atoms with E-state index in [1.165, 1.54) is 6.92 Å². The molecule has 0 heterocycles. The average Bonchev–Trinajstić information content (AvgIpc) is 2.97. The minimum atomic E-state index is -1.04. The lowest BCUT2D eigenvalue weighted by Crippen LogP contribution is -2.58. The molecule has 1 aromatic carbocycles. The van der Waals surface area contributed by atoms with E-state index in [9.17, 15) is 28.8 Å². The van der Waals surface area contributed by atoms with Gasteiger partial charge in [-0.15, -0.1) is 0 Å². The van der Waals surface area contributed by atoms with Crippen LogP contribution < -0.4 is 43.8 Å². The van der Waals surface area contributed by atoms with Crippen LogP contribution in [0.3, 0.4) is 0 Å². The van der Waals surface area contributed by atoms with E-state index >= 15 is 0 Å². The summed E-state index contributed by atoms with van der Waals surface area (Å²) in [5, 5.41) is 13.4. The van der Waals surface area contributed by atoms with Gasteiger partial charge in [-0.1, -0.05) is 58.0 Å². The Morgan fingerprint density at radius 3 is 1.70 bits per heavy atom. The molecule has 0 spiro atoms. The van der Waals surface area contributed by atoms with Gasteiger partial charge < -0.3 is 43.8 Å². The molecule has 47 heavy (non-hydrogen) atoms. The van der Waals surface area contributed by atoms with Crippen molar-refractivity contribution < 1.29 is 28.8 Å². The molecule has 0 radical (unpaired) electrons. The van der Waals surface area contributed by atoms with E-state index in [0.29, 0.717) is 6.42 Å². The zero-order valence-electron chi connectivity index (χ0n) is 28.1. The van der Waals surface area contributed by atoms with Gasteiger partial charge in [0.2, 0.25) is 35.4 Å². The van der Waals surface area contributed by atoms with Crippen molar-refractivity contribution in [2.24, 2.45) is 34.0 Å². The smallest absolute Gasteiger partial charge is 0.243 e. The van der Waals surface area contributed by atoms with Gasteiger partial charge in [0, 0.05) is 32.9 Å². The largest absolute Gasteiger partial charge is 0.370 e. The van der Waals surface area contributed by atoms with Gasteiger partial charge in [-0.3, -0.25) is 33.8 Å². The lowest BCUT2D eigenvalue weighted by molar-refractivity contribution is -0.134. The van der Waals surface area contributed by atoms with Gasteiger partial charge in [0.15, 0.2) is 5.96 Å². The van der Waals surface area contributed by atoms with Gasteiger partial charge >= 0.3 is 0 Å². The van der Waals surface area contributed by atoms with Crippen LogP contribution in [0.5, 0.6) is 0 Å². The highest BCUT2D eigenvalue weighted by molar-refractivity contribution is 5.95. The molecular formula is C32H53N9O6. The standard InChI is InChI=1S/C32H53N9O6/c1-19(2)16-24(29(45)39-23(28(33)44)12-9-14-37-32(34)35)40-30(46)25(17-20(3)4)41-31(47)26(18-22-10-7-6-8-11-22)38-27(43)13-15-36-21(5)42/h6-8,10-11,19-20,23-26H,9,12-18H2,1-5H3,(H2,33,44)(H,36,42)(H,38,43)(H,39,45)(H,40,46)(H,41,47)(H4,34,35,37)/t23-,24-,25-,26-/m0/s1. The molecule has 4 atom stereocenters. The minimum absolute atomic E-state index is 0.0129. The number of aliphatic imine (C=N–C) groups is 1. The summed E-state index contributed by atoms with van der Waals surface area (Å²) in [7, 11) is 0. The van der Waals surface area contributed by atoms with Crippen LogP contribution in [0.2, 0.25) is 0 Å². The number of guanidine groups is 1. The summed E-state index contributed by atoms with van der Waals surface area (Å²) in [6.07, 6.45) is 1.18. The Morgan fingerprint density at radius 1 is 0.723 bits per heavy atom. The van der Waals surface area contributed by atoms with Crippen molar-refractivity contribution in [3.8, 4) is 0 Å². The van der Waals surface area contributed by atoms with E-state index < -0.39 is 53.7 Å². The van der Waals surface area contributed by atoms with Crippen LogP contribution in [0.4, 0.5) is 0 Å². The van der Waals surface area contributed by atoms with Crippen molar-refractivity contribution in [1.29, 1.82) is 0 Å². The first-order valence-electron chi connectivity index (χ1n) is 15.9. The first kappa shape index (κ1) is 40.3. The molecule has 0 aliphatic carbocycles. The predicted molar refractivity (Wildman–Crippen MR) is 179 cm³/mol. The van der Waals surface area contributed by atoms with Crippen LogP contribution in [0.1, 0.15) is 72.3 Å². The van der Waals surface area contributed by atoms with Crippen LogP contribution >= 0.6 is 0 Å². The molecule has 15 heteroatoms. The molecule has 1 rings (SSSR count). The first-order valence-corrected chi connectivity index (χ1v) is 15.9. The van der Waals surface area contributed by atoms with E-state index in [1.54, 1.807) is 0 Å². The Balaban J connectivity index is 3.13. The highest BCUT2D eigenvalue weighted by Crippen LogP contribution is 2.11. The van der Waals surface area contributed by atoms with Gasteiger partial charge in [-0.05, 0) is 43.1 Å². The summed E-state index contributed by atoms with van der Waals surface area (Å²) in [5.74, 6) is -3.37. The summed E-state index contributed by atoms with van der Waals surface area (Å²) in [5.41, 5.74) is 17.0. The third kappa shape index (κ3) is 17.6. The van der Waals surface area contributed by atoms with Gasteiger partial charge in [0.1, 0.15) is 24.2 Å². The Hall–Kier alpha value is -4.69. The van der Waals surface area contributed by atoms with E-state index in [0.717, 1.165) is 5.56 Å². The summed E-state index contributed by atoms with van der Waals surface area (Å²) in [6.45, 7) is 9.21. The summed E-state index contributed by atoms with van der Waals surface area (Å²) in [4.78, 5) is 80.4. The van der Waals surface area contributed by atoms with Gasteiger partial charge in [-0.25, -0.2) is 0 Å². The monoisotopic (exact) mass is 659 g/mol. The first-order chi connectivity index (χ1) is 22.1. The molecule has 0 aliphatic heterocycles. The highest BCUT2D eigenvalue weighted by Gasteiger charge is 2.31. The second kappa shape index (κ2) is 21.2. The molecule has 11 N–H and O–H groups in total. The van der Waals surface area contributed by atoms with Crippen LogP contribution in [0, 0.1) is 11.8 Å². The van der Waals surface area contributed by atoms with Crippen LogP contribution in [0.25, 0.3) is 0 Å². The van der Waals surface area contributed by atoms with Crippen molar-refractivity contribution in [3.63, 3.8) is 0 Å². The summed E-state index contributed by atoms with van der Waals surface area (Å²) < 4.78 is 0. The molecule has 0 saturated heterocycles. The Kier molecular flexibility index (Phi) is 18.2. The molecule has 0 bridgehead atoms. The number of hydrogen-bond acceptors (Lipinski definition) is 7. The third-order valence-electron chi connectivity index (χ3n) is 6.95. The average molecular weight is 660 g/mol. The van der Waals surface area contributed by atoms with Crippen molar-refractivity contribution >= 4 is 41.4 Å². The molecule has 15 nitrogen and oxygen atoms in total. The molecular weight excluding hydrogens is 606 g/mol. The molecule has 6 amide bonds. The van der Waals surface area contributed by atoms with Gasteiger partial charge in [0.25, 0.3) is 0 Å². The van der Waals surface area contributed by atoms with Crippen molar-refractivity contribution in [2.45, 2.75) is 97.3 Å². The number of nitrogens with zero attached hydrogens (tertiary/aromatic N) is 1.